The number of benzene rings is 2. The molecule has 1 aromatic heterocycles. The first-order valence-corrected chi connectivity index (χ1v) is 10.7. The number of aromatic nitrogens is 2. The highest BCUT2D eigenvalue weighted by Crippen LogP contribution is 2.28. The summed E-state index contributed by atoms with van der Waals surface area (Å²) in [5.74, 6) is -0.267. The maximum Gasteiger partial charge on any atom is 0.239 e. The van der Waals surface area contributed by atoms with E-state index in [1.165, 1.54) is 36.0 Å². The number of anilines is 2. The number of thioether (sulfide) groups is 1. The van der Waals surface area contributed by atoms with Crippen molar-refractivity contribution in [2.45, 2.75) is 38.5 Å². The zero-order valence-electron chi connectivity index (χ0n) is 17.4. The molecule has 2 N–H and O–H groups in total. The van der Waals surface area contributed by atoms with Crippen molar-refractivity contribution >= 4 is 46.2 Å². The Labute approximate surface area is 179 Å². The molecule has 2 amide bonds. The number of para-hydroxylation sites is 2. The van der Waals surface area contributed by atoms with Crippen molar-refractivity contribution in [2.75, 3.05) is 16.4 Å². The van der Waals surface area contributed by atoms with Gasteiger partial charge < -0.3 is 9.88 Å². The average Bonchev–Trinajstić information content (AvgIpc) is 3.06. The van der Waals surface area contributed by atoms with Gasteiger partial charge in [0.2, 0.25) is 17.8 Å². The number of nitrogens with one attached hydrogen (secondary N) is 2. The minimum absolute atomic E-state index is 0.0989. The number of hydrogen-bond acceptors (Lipinski definition) is 4. The summed E-state index contributed by atoms with van der Waals surface area (Å²) in [6, 6.07) is 13.3. The fourth-order valence-corrected chi connectivity index (χ4v) is 3.69. The molecule has 30 heavy (non-hydrogen) atoms. The third kappa shape index (κ3) is 5.18. The molecule has 3 rings (SSSR count). The minimum Gasteiger partial charge on any atom is -0.325 e. The zero-order chi connectivity index (χ0) is 21.9. The molecule has 0 bridgehead atoms. The molecule has 0 fully saturated rings. The van der Waals surface area contributed by atoms with E-state index in [-0.39, 0.29) is 28.9 Å². The van der Waals surface area contributed by atoms with Crippen LogP contribution >= 0.6 is 11.8 Å². The van der Waals surface area contributed by atoms with E-state index in [2.05, 4.69) is 36.4 Å². The molecule has 0 aliphatic carbocycles. The van der Waals surface area contributed by atoms with Gasteiger partial charge in [-0.25, -0.2) is 9.37 Å². The Morgan fingerprint density at radius 2 is 1.77 bits per heavy atom. The quantitative estimate of drug-likeness (QED) is 0.600. The summed E-state index contributed by atoms with van der Waals surface area (Å²) in [5, 5.41) is 5.13. The molecule has 0 saturated carbocycles. The lowest BCUT2D eigenvalue weighted by molar-refractivity contribution is -0.115. The van der Waals surface area contributed by atoms with Gasteiger partial charge in [-0.1, -0.05) is 12.1 Å². The van der Waals surface area contributed by atoms with Gasteiger partial charge in [0.25, 0.3) is 0 Å². The Bertz CT molecular complexity index is 1060. The zero-order valence-corrected chi connectivity index (χ0v) is 18.2. The van der Waals surface area contributed by atoms with Crippen molar-refractivity contribution in [3.05, 3.63) is 54.3 Å². The molecule has 3 aromatic rings. The molecule has 0 spiro atoms. The van der Waals surface area contributed by atoms with E-state index in [0.29, 0.717) is 11.6 Å². The van der Waals surface area contributed by atoms with E-state index < -0.39 is 5.25 Å². The number of hydrogen-bond donors (Lipinski definition) is 2. The average molecular weight is 429 g/mol. The Morgan fingerprint density at radius 3 is 2.43 bits per heavy atom. The Hall–Kier alpha value is -2.87. The summed E-state index contributed by atoms with van der Waals surface area (Å²) in [5.41, 5.74) is 1.99. The smallest absolute Gasteiger partial charge is 0.239 e. The van der Waals surface area contributed by atoms with Crippen LogP contribution in [0.25, 0.3) is 11.0 Å². The van der Waals surface area contributed by atoms with Crippen LogP contribution in [0, 0.1) is 5.82 Å². The number of carbonyl (C=O) groups is 2. The SMILES string of the molecule is CC(SCC(=O)Nc1ccc(F)cc1)C(=O)Nc1nc2ccccc2n1C(C)(C)C. The van der Waals surface area contributed by atoms with Gasteiger partial charge in [-0.15, -0.1) is 11.8 Å². The molecule has 0 radical (unpaired) electrons. The molecule has 6 nitrogen and oxygen atoms in total. The predicted molar refractivity (Wildman–Crippen MR) is 120 cm³/mol. The summed E-state index contributed by atoms with van der Waals surface area (Å²) >= 11 is 1.22. The van der Waals surface area contributed by atoms with Gasteiger partial charge in [0.05, 0.1) is 22.0 Å². The van der Waals surface area contributed by atoms with E-state index in [1.807, 2.05) is 28.8 Å². The van der Waals surface area contributed by atoms with Gasteiger partial charge in [0, 0.05) is 11.2 Å². The van der Waals surface area contributed by atoms with Gasteiger partial charge in [-0.05, 0) is 64.1 Å². The minimum atomic E-state index is -0.461. The van der Waals surface area contributed by atoms with Crippen LogP contribution in [-0.4, -0.2) is 32.4 Å². The summed E-state index contributed by atoms with van der Waals surface area (Å²) < 4.78 is 14.9. The monoisotopic (exact) mass is 428 g/mol. The Kier molecular flexibility index (Phi) is 6.45. The molecule has 0 saturated heterocycles. The van der Waals surface area contributed by atoms with Crippen LogP contribution in [0.4, 0.5) is 16.0 Å². The molecule has 1 atom stereocenters. The number of rotatable bonds is 6. The standard InChI is InChI=1S/C22H25FN4O2S/c1-14(30-13-19(28)24-16-11-9-15(23)10-12-16)20(29)26-21-25-17-7-5-6-8-18(17)27(21)22(2,3)4/h5-12,14H,13H2,1-4H3,(H,24,28)(H,25,26,29). The molecule has 158 valence electrons. The second kappa shape index (κ2) is 8.87. The van der Waals surface area contributed by atoms with Crippen molar-refractivity contribution in [1.29, 1.82) is 0 Å². The van der Waals surface area contributed by atoms with E-state index in [4.69, 9.17) is 0 Å². The van der Waals surface area contributed by atoms with Crippen molar-refractivity contribution in [3.8, 4) is 0 Å². The maximum absolute atomic E-state index is 12.9. The fourth-order valence-electron chi connectivity index (χ4n) is 3.01. The van der Waals surface area contributed by atoms with E-state index in [0.717, 1.165) is 11.0 Å². The number of halogens is 1. The number of nitrogens with zero attached hydrogens (tertiary/aromatic N) is 2. The first-order chi connectivity index (χ1) is 14.1. The largest absolute Gasteiger partial charge is 0.325 e. The summed E-state index contributed by atoms with van der Waals surface area (Å²) in [6.45, 7) is 7.90. The lowest BCUT2D eigenvalue weighted by atomic mass is 10.1. The molecule has 0 aliphatic rings. The van der Waals surface area contributed by atoms with Gasteiger partial charge in [0.1, 0.15) is 5.82 Å². The van der Waals surface area contributed by atoms with Crippen molar-refractivity contribution in [1.82, 2.24) is 9.55 Å². The topological polar surface area (TPSA) is 76.0 Å². The van der Waals surface area contributed by atoms with Crippen molar-refractivity contribution < 1.29 is 14.0 Å². The number of amides is 2. The molecule has 1 heterocycles. The fraction of sp³-hybridized carbons (Fsp3) is 0.318. The third-order valence-electron chi connectivity index (χ3n) is 4.43. The van der Waals surface area contributed by atoms with Crippen LogP contribution in [-0.2, 0) is 15.1 Å². The molecule has 8 heteroatoms. The van der Waals surface area contributed by atoms with Crippen molar-refractivity contribution in [2.24, 2.45) is 0 Å². The summed E-state index contributed by atoms with van der Waals surface area (Å²) in [6.07, 6.45) is 0. The highest BCUT2D eigenvalue weighted by molar-refractivity contribution is 8.01. The number of carbonyl (C=O) groups excluding carboxylic acids is 2. The highest BCUT2D eigenvalue weighted by Gasteiger charge is 2.24. The molecule has 2 aromatic carbocycles. The predicted octanol–water partition coefficient (Wildman–Crippen LogP) is 4.63. The second-order valence-electron chi connectivity index (χ2n) is 7.93. The van der Waals surface area contributed by atoms with E-state index in [9.17, 15) is 14.0 Å². The van der Waals surface area contributed by atoms with Crippen LogP contribution in [0.5, 0.6) is 0 Å². The Morgan fingerprint density at radius 1 is 1.10 bits per heavy atom. The molecular formula is C22H25FN4O2S. The lowest BCUT2D eigenvalue weighted by Gasteiger charge is -2.25. The molecule has 1 unspecified atom stereocenters. The van der Waals surface area contributed by atoms with Gasteiger partial charge in [-0.3, -0.25) is 14.9 Å². The first kappa shape index (κ1) is 21.8. The second-order valence-corrected chi connectivity index (χ2v) is 9.26. The van der Waals surface area contributed by atoms with Crippen LogP contribution in [0.1, 0.15) is 27.7 Å². The summed E-state index contributed by atoms with van der Waals surface area (Å²) in [4.78, 5) is 29.4. The highest BCUT2D eigenvalue weighted by atomic mass is 32.2. The van der Waals surface area contributed by atoms with Crippen LogP contribution in [0.3, 0.4) is 0 Å². The third-order valence-corrected chi connectivity index (χ3v) is 5.57. The van der Waals surface area contributed by atoms with Crippen LogP contribution < -0.4 is 10.6 Å². The number of imidazole rings is 1. The lowest BCUT2D eigenvalue weighted by Crippen LogP contribution is -2.29. The maximum atomic E-state index is 12.9. The van der Waals surface area contributed by atoms with E-state index >= 15 is 0 Å². The van der Waals surface area contributed by atoms with Crippen molar-refractivity contribution in [3.63, 3.8) is 0 Å². The van der Waals surface area contributed by atoms with Gasteiger partial charge in [-0.2, -0.15) is 0 Å². The normalized spacial score (nSPS) is 12.6. The van der Waals surface area contributed by atoms with Crippen LogP contribution in [0.2, 0.25) is 0 Å². The van der Waals surface area contributed by atoms with Gasteiger partial charge in [0.15, 0.2) is 0 Å². The first-order valence-electron chi connectivity index (χ1n) is 9.61. The Balaban J connectivity index is 1.63. The van der Waals surface area contributed by atoms with Crippen LogP contribution in [0.15, 0.2) is 48.5 Å². The molecule has 0 aliphatic heterocycles. The number of fused-ring (bicyclic) bond motifs is 1. The summed E-state index contributed by atoms with van der Waals surface area (Å²) in [7, 11) is 0. The van der Waals surface area contributed by atoms with Gasteiger partial charge >= 0.3 is 0 Å². The molecular weight excluding hydrogens is 403 g/mol. The van der Waals surface area contributed by atoms with E-state index in [1.54, 1.807) is 6.92 Å².